The number of carboxylic acids is 1. The van der Waals surface area contributed by atoms with Crippen molar-refractivity contribution in [2.45, 2.75) is 12.5 Å². The fraction of sp³-hybridized carbons (Fsp3) is 0.391. The van der Waals surface area contributed by atoms with Gasteiger partial charge in [-0.1, -0.05) is 42.5 Å². The average molecular weight is 415 g/mol. The van der Waals surface area contributed by atoms with Crippen molar-refractivity contribution in [2.24, 2.45) is 0 Å². The van der Waals surface area contributed by atoms with Crippen LogP contribution in [0.3, 0.4) is 0 Å². The third kappa shape index (κ3) is 7.50. The smallest absolute Gasteiger partial charge is 0.322 e. The predicted molar refractivity (Wildman–Crippen MR) is 119 cm³/mol. The molecule has 0 fully saturated rings. The van der Waals surface area contributed by atoms with Crippen LogP contribution in [0.15, 0.2) is 54.6 Å². The van der Waals surface area contributed by atoms with Crippen LogP contribution < -0.4 is 10.2 Å². The van der Waals surface area contributed by atoms with Gasteiger partial charge in [0.25, 0.3) is 0 Å². The summed E-state index contributed by atoms with van der Waals surface area (Å²) in [6, 6.07) is 16.9. The number of amides is 2. The largest absolute Gasteiger partial charge is 0.481 e. The molecule has 0 aliphatic rings. The number of hydrogen-bond acceptors (Lipinski definition) is 3. The second-order valence-electron chi connectivity index (χ2n) is 8.27. The van der Waals surface area contributed by atoms with Crippen molar-refractivity contribution < 1.29 is 23.9 Å². The normalized spacial score (nSPS) is 12.3. The lowest BCUT2D eigenvalue weighted by atomic mass is 10.1. The Balaban J connectivity index is 2.20. The van der Waals surface area contributed by atoms with Gasteiger partial charge in [-0.2, -0.15) is 0 Å². The molecule has 0 spiro atoms. The van der Waals surface area contributed by atoms with E-state index in [2.05, 4.69) is 5.32 Å². The first-order chi connectivity index (χ1) is 14.2. The van der Waals surface area contributed by atoms with Gasteiger partial charge in [-0.3, -0.25) is 9.69 Å². The topological polar surface area (TPSA) is 78.9 Å². The van der Waals surface area contributed by atoms with Crippen molar-refractivity contribution >= 4 is 17.7 Å². The molecule has 0 aliphatic carbocycles. The number of anilines is 1. The number of benzene rings is 2. The maximum Gasteiger partial charge on any atom is 0.322 e. The first kappa shape index (κ1) is 23.4. The highest BCUT2D eigenvalue weighted by atomic mass is 16.5. The summed E-state index contributed by atoms with van der Waals surface area (Å²) < 4.78 is 5.71. The Morgan fingerprint density at radius 3 is 2.17 bits per heavy atom. The van der Waals surface area contributed by atoms with E-state index < -0.39 is 12.0 Å². The van der Waals surface area contributed by atoms with E-state index in [1.165, 1.54) is 0 Å². The van der Waals surface area contributed by atoms with Gasteiger partial charge < -0.3 is 19.6 Å². The molecule has 2 amide bonds. The molecule has 162 valence electrons. The molecule has 0 aromatic heterocycles. The van der Waals surface area contributed by atoms with E-state index in [4.69, 9.17) is 4.74 Å². The van der Waals surface area contributed by atoms with E-state index in [1.807, 2.05) is 75.7 Å². The predicted octanol–water partition coefficient (Wildman–Crippen LogP) is 3.07. The number of ether oxygens (including phenoxy) is 1. The van der Waals surface area contributed by atoms with E-state index in [0.29, 0.717) is 24.2 Å². The Morgan fingerprint density at radius 1 is 1.03 bits per heavy atom. The third-order valence-corrected chi connectivity index (χ3v) is 4.57. The third-order valence-electron chi connectivity index (χ3n) is 4.57. The van der Waals surface area contributed by atoms with Crippen molar-refractivity contribution in [1.29, 1.82) is 0 Å². The van der Waals surface area contributed by atoms with Gasteiger partial charge in [-0.25, -0.2) is 4.79 Å². The molecule has 0 aliphatic heterocycles. The van der Waals surface area contributed by atoms with E-state index >= 15 is 0 Å². The fourth-order valence-electron chi connectivity index (χ4n) is 3.28. The molecule has 2 aromatic carbocycles. The van der Waals surface area contributed by atoms with Crippen LogP contribution in [0, 0.1) is 0 Å². The van der Waals surface area contributed by atoms with Crippen molar-refractivity contribution in [1.82, 2.24) is 5.32 Å². The summed E-state index contributed by atoms with van der Waals surface area (Å²) in [4.78, 5) is 25.9. The first-order valence-corrected chi connectivity index (χ1v) is 9.94. The lowest BCUT2D eigenvalue weighted by Crippen LogP contribution is -2.53. The number of urea groups is 1. The van der Waals surface area contributed by atoms with Crippen molar-refractivity contribution in [2.75, 3.05) is 52.8 Å². The van der Waals surface area contributed by atoms with Gasteiger partial charge in [0.2, 0.25) is 0 Å². The molecule has 0 radical (unpaired) electrons. The SMILES string of the molecule is COCCN(C(=O)N[C@H](CC(=O)O)C[N+](C)(C)C)c1ccc(-c2ccccc2)cc1. The molecule has 0 saturated heterocycles. The zero-order valence-corrected chi connectivity index (χ0v) is 18.2. The highest BCUT2D eigenvalue weighted by Gasteiger charge is 2.25. The van der Waals surface area contributed by atoms with Crippen molar-refractivity contribution in [3.63, 3.8) is 0 Å². The summed E-state index contributed by atoms with van der Waals surface area (Å²) >= 11 is 0. The van der Waals surface area contributed by atoms with E-state index in [9.17, 15) is 14.7 Å². The summed E-state index contributed by atoms with van der Waals surface area (Å²) in [6.07, 6.45) is -0.133. The number of nitrogens with one attached hydrogen (secondary N) is 1. The Labute approximate surface area is 178 Å². The van der Waals surface area contributed by atoms with Crippen LogP contribution in [0.4, 0.5) is 10.5 Å². The maximum atomic E-state index is 13.0. The van der Waals surface area contributed by atoms with Gasteiger partial charge in [0.15, 0.2) is 0 Å². The van der Waals surface area contributed by atoms with Crippen molar-refractivity contribution in [3.8, 4) is 11.1 Å². The number of aliphatic carboxylic acids is 1. The van der Waals surface area contributed by atoms with Gasteiger partial charge in [-0.05, 0) is 23.3 Å². The van der Waals surface area contributed by atoms with E-state index in [1.54, 1.807) is 12.0 Å². The van der Waals surface area contributed by atoms with Crippen molar-refractivity contribution in [3.05, 3.63) is 54.6 Å². The molecule has 7 heteroatoms. The molecular weight excluding hydrogens is 382 g/mol. The van der Waals surface area contributed by atoms with Crippen LogP contribution in [0.25, 0.3) is 11.1 Å². The molecule has 2 aromatic rings. The van der Waals surface area contributed by atoms with Crippen LogP contribution in [0.1, 0.15) is 6.42 Å². The summed E-state index contributed by atoms with van der Waals surface area (Å²) in [5.74, 6) is -0.940. The molecule has 0 bridgehead atoms. The number of carbonyl (C=O) groups excluding carboxylic acids is 1. The van der Waals surface area contributed by atoms with Crippen LogP contribution in [0.5, 0.6) is 0 Å². The highest BCUT2D eigenvalue weighted by molar-refractivity contribution is 5.92. The summed E-state index contributed by atoms with van der Waals surface area (Å²) in [6.45, 7) is 1.23. The molecule has 1 atom stereocenters. The molecule has 2 rings (SSSR count). The van der Waals surface area contributed by atoms with Crippen LogP contribution in [0.2, 0.25) is 0 Å². The monoisotopic (exact) mass is 414 g/mol. The van der Waals surface area contributed by atoms with Crippen LogP contribution >= 0.6 is 0 Å². The maximum absolute atomic E-state index is 13.0. The summed E-state index contributed by atoms with van der Waals surface area (Å²) in [5, 5.41) is 12.1. The minimum atomic E-state index is -0.940. The number of carboxylic acid groups (broad SMARTS) is 1. The molecule has 7 nitrogen and oxygen atoms in total. The van der Waals surface area contributed by atoms with Crippen LogP contribution in [-0.4, -0.2) is 75.6 Å². The number of nitrogens with zero attached hydrogens (tertiary/aromatic N) is 2. The van der Waals surface area contributed by atoms with Gasteiger partial charge in [0.1, 0.15) is 0 Å². The standard InChI is InChI=1S/C23H31N3O4/c1-26(2,3)17-20(16-22(27)28)24-23(29)25(14-15-30-4)21-12-10-19(11-13-21)18-8-6-5-7-9-18/h5-13,20H,14-17H2,1-4H3,(H-,24,27,28,29)/p+1/t20-/m1/s1. The molecule has 0 saturated carbocycles. The lowest BCUT2D eigenvalue weighted by Gasteiger charge is -2.31. The minimum Gasteiger partial charge on any atom is -0.481 e. The molecule has 0 unspecified atom stereocenters. The van der Waals surface area contributed by atoms with Gasteiger partial charge >= 0.3 is 12.0 Å². The Bertz CT molecular complexity index is 817. The average Bonchev–Trinajstić information content (AvgIpc) is 2.67. The zero-order valence-electron chi connectivity index (χ0n) is 18.2. The number of rotatable bonds is 10. The number of carbonyl (C=O) groups is 2. The molecule has 30 heavy (non-hydrogen) atoms. The Hall–Kier alpha value is -2.90. The molecule has 0 heterocycles. The van der Waals surface area contributed by atoms with Gasteiger partial charge in [0.05, 0.1) is 53.3 Å². The van der Waals surface area contributed by atoms with E-state index in [0.717, 1.165) is 16.8 Å². The van der Waals surface area contributed by atoms with Crippen LogP contribution in [-0.2, 0) is 9.53 Å². The second-order valence-corrected chi connectivity index (χ2v) is 8.27. The van der Waals surface area contributed by atoms with Gasteiger partial charge in [-0.15, -0.1) is 0 Å². The molecule has 2 N–H and O–H groups in total. The Kier molecular flexibility index (Phi) is 8.38. The Morgan fingerprint density at radius 2 is 1.63 bits per heavy atom. The number of quaternary nitrogens is 1. The second kappa shape index (κ2) is 10.8. The zero-order chi connectivity index (χ0) is 22.1. The van der Waals surface area contributed by atoms with Gasteiger partial charge in [0, 0.05) is 12.8 Å². The van der Waals surface area contributed by atoms with E-state index in [-0.39, 0.29) is 12.5 Å². The minimum absolute atomic E-state index is 0.133. The summed E-state index contributed by atoms with van der Waals surface area (Å²) in [5.41, 5.74) is 2.88. The number of hydrogen-bond donors (Lipinski definition) is 2. The number of likely N-dealkylation sites (N-methyl/N-ethyl adjacent to an activating group) is 1. The quantitative estimate of drug-likeness (QED) is 0.586. The fourth-order valence-corrected chi connectivity index (χ4v) is 3.28. The number of methoxy groups -OCH3 is 1. The first-order valence-electron chi connectivity index (χ1n) is 9.94. The highest BCUT2D eigenvalue weighted by Crippen LogP contribution is 2.23. The summed E-state index contributed by atoms with van der Waals surface area (Å²) in [7, 11) is 7.48. The lowest BCUT2D eigenvalue weighted by molar-refractivity contribution is -0.871. The molecular formula is C23H32N3O4+.